The maximum atomic E-state index is 12.5. The van der Waals surface area contributed by atoms with Crippen LogP contribution in [0.5, 0.6) is 17.2 Å². The number of aryl methyl sites for hydroxylation is 3. The molecule has 0 radical (unpaired) electrons. The second-order valence-electron chi connectivity index (χ2n) is 12.8. The van der Waals surface area contributed by atoms with Gasteiger partial charge in [0, 0.05) is 124 Å². The zero-order valence-corrected chi connectivity index (χ0v) is 32.4. The minimum atomic E-state index is -0.381. The molecule has 19 heteroatoms. The Bertz CT molecular complexity index is 1920. The molecule has 0 atom stereocenters. The van der Waals surface area contributed by atoms with Crippen molar-refractivity contribution in [3.05, 3.63) is 69.1 Å². The van der Waals surface area contributed by atoms with E-state index in [9.17, 15) is 45.0 Å². The molecule has 0 aliphatic heterocycles. The Balaban J connectivity index is 1.50. The fourth-order valence-electron chi connectivity index (χ4n) is 5.28. The molecule has 3 amide bonds. The van der Waals surface area contributed by atoms with E-state index in [0.717, 1.165) is 0 Å². The van der Waals surface area contributed by atoms with E-state index in [1.54, 1.807) is 20.8 Å². The molecule has 0 fully saturated rings. The Kier molecular flexibility index (Phi) is 19.1. The van der Waals surface area contributed by atoms with Crippen LogP contribution in [-0.4, -0.2) is 146 Å². The summed E-state index contributed by atoms with van der Waals surface area (Å²) in [5, 5.41) is 67.6. The number of hydrogen-bond donors (Lipinski definition) is 9. The van der Waals surface area contributed by atoms with Crippen molar-refractivity contribution in [1.29, 1.82) is 0 Å². The molecule has 0 saturated heterocycles. The standard InChI is InChI=1S/C38H52N10O9/c1-24-37(56)31(28(21-49)16-45-24)18-40-7-5-34(53)43-9-12-48(13-10-44-35(54)20-41-19-32-29(22-50)17-46-25(2)38(32)57)11-8-42-33(52)4-6-39-15-27-14-30(23-51)47-26(3)36(27)55/h14-19,49-51,55-57H,4-13,20-23H2,1-3H3,(H,42,52)(H,43,53)(H,44,54). The van der Waals surface area contributed by atoms with Gasteiger partial charge in [0.1, 0.15) is 23.8 Å². The zero-order valence-electron chi connectivity index (χ0n) is 32.4. The lowest BCUT2D eigenvalue weighted by Gasteiger charge is -2.23. The van der Waals surface area contributed by atoms with Gasteiger partial charge in [-0.1, -0.05) is 0 Å². The average molecular weight is 793 g/mol. The molecule has 0 bridgehead atoms. The summed E-state index contributed by atoms with van der Waals surface area (Å²) in [5.74, 6) is -1.16. The van der Waals surface area contributed by atoms with Gasteiger partial charge in [-0.15, -0.1) is 0 Å². The Morgan fingerprint density at radius 1 is 0.649 bits per heavy atom. The molecule has 0 aliphatic carbocycles. The van der Waals surface area contributed by atoms with Crippen LogP contribution in [0, 0.1) is 20.8 Å². The largest absolute Gasteiger partial charge is 0.505 e. The highest BCUT2D eigenvalue weighted by molar-refractivity contribution is 5.88. The second kappa shape index (κ2) is 23.9. The molecule has 0 spiro atoms. The van der Waals surface area contributed by atoms with E-state index in [-0.39, 0.29) is 112 Å². The van der Waals surface area contributed by atoms with E-state index in [4.69, 9.17) is 0 Å². The highest BCUT2D eigenvalue weighted by Gasteiger charge is 2.13. The smallest absolute Gasteiger partial charge is 0.241 e. The first kappa shape index (κ1) is 45.5. The number of carbonyl (C=O) groups is 3. The second-order valence-corrected chi connectivity index (χ2v) is 12.8. The molecule has 308 valence electrons. The van der Waals surface area contributed by atoms with E-state index in [0.29, 0.717) is 64.7 Å². The molecule has 3 heterocycles. The van der Waals surface area contributed by atoms with Gasteiger partial charge >= 0.3 is 0 Å². The zero-order chi connectivity index (χ0) is 41.7. The molecule has 3 aromatic heterocycles. The number of carbonyl (C=O) groups excluding carboxylic acids is 3. The molecule has 19 nitrogen and oxygen atoms in total. The molecular formula is C38H52N10O9. The van der Waals surface area contributed by atoms with Gasteiger partial charge in [-0.2, -0.15) is 0 Å². The minimum absolute atomic E-state index is 0.0550. The summed E-state index contributed by atoms with van der Waals surface area (Å²) >= 11 is 0. The van der Waals surface area contributed by atoms with Crippen molar-refractivity contribution >= 4 is 36.4 Å². The lowest BCUT2D eigenvalue weighted by Crippen LogP contribution is -2.43. The third kappa shape index (κ3) is 14.9. The highest BCUT2D eigenvalue weighted by Crippen LogP contribution is 2.23. The maximum Gasteiger partial charge on any atom is 0.241 e. The van der Waals surface area contributed by atoms with Gasteiger partial charge in [0.25, 0.3) is 0 Å². The number of aromatic nitrogens is 3. The number of amides is 3. The Labute approximate surface area is 330 Å². The van der Waals surface area contributed by atoms with Crippen LogP contribution < -0.4 is 16.0 Å². The molecule has 0 saturated carbocycles. The van der Waals surface area contributed by atoms with Crippen LogP contribution in [-0.2, 0) is 34.2 Å². The van der Waals surface area contributed by atoms with Crippen molar-refractivity contribution in [2.24, 2.45) is 15.0 Å². The number of aromatic hydroxyl groups is 3. The fourth-order valence-corrected chi connectivity index (χ4v) is 5.28. The molecule has 3 rings (SSSR count). The van der Waals surface area contributed by atoms with Crippen molar-refractivity contribution in [3.8, 4) is 17.2 Å². The van der Waals surface area contributed by atoms with Crippen molar-refractivity contribution in [3.63, 3.8) is 0 Å². The topological polar surface area (TPSA) is 288 Å². The van der Waals surface area contributed by atoms with Crippen LogP contribution in [0.4, 0.5) is 0 Å². The van der Waals surface area contributed by atoms with E-state index in [2.05, 4.69) is 45.9 Å². The first-order valence-corrected chi connectivity index (χ1v) is 18.3. The van der Waals surface area contributed by atoms with Crippen molar-refractivity contribution in [2.45, 2.75) is 53.4 Å². The molecule has 9 N–H and O–H groups in total. The van der Waals surface area contributed by atoms with E-state index in [1.807, 2.05) is 4.90 Å². The molecule has 3 aromatic rings. The molecule has 0 unspecified atom stereocenters. The van der Waals surface area contributed by atoms with Crippen LogP contribution in [0.15, 0.2) is 33.4 Å². The summed E-state index contributed by atoms with van der Waals surface area (Å²) in [4.78, 5) is 64.2. The summed E-state index contributed by atoms with van der Waals surface area (Å²) < 4.78 is 0. The van der Waals surface area contributed by atoms with Gasteiger partial charge in [-0.3, -0.25) is 49.2 Å². The van der Waals surface area contributed by atoms with Gasteiger partial charge in [-0.25, -0.2) is 0 Å². The third-order valence-electron chi connectivity index (χ3n) is 8.56. The summed E-state index contributed by atoms with van der Waals surface area (Å²) in [6, 6.07) is 1.51. The van der Waals surface area contributed by atoms with Crippen molar-refractivity contribution in [1.82, 2.24) is 35.8 Å². The number of aliphatic hydroxyl groups is 3. The molecule has 0 aliphatic rings. The Morgan fingerprint density at radius 2 is 1.12 bits per heavy atom. The summed E-state index contributed by atoms with van der Waals surface area (Å²) in [6.07, 6.45) is 7.18. The van der Waals surface area contributed by atoms with Crippen LogP contribution in [0.1, 0.15) is 63.4 Å². The molecule has 0 aromatic carbocycles. The van der Waals surface area contributed by atoms with Gasteiger partial charge in [0.2, 0.25) is 17.7 Å². The number of rotatable bonds is 23. The van der Waals surface area contributed by atoms with Gasteiger partial charge in [0.05, 0.1) is 42.6 Å². The molecule has 57 heavy (non-hydrogen) atoms. The van der Waals surface area contributed by atoms with Crippen LogP contribution in [0.2, 0.25) is 0 Å². The van der Waals surface area contributed by atoms with E-state index in [1.165, 1.54) is 37.1 Å². The Morgan fingerprint density at radius 3 is 1.61 bits per heavy atom. The SMILES string of the molecule is Cc1nc(CO)cc(C=NCCC(=O)NCCN(CCNC(=O)CCN=Cc2c(CO)cnc(C)c2O)CCNC(=O)CN=Cc2c(CO)cnc(C)c2O)c1O. The first-order valence-electron chi connectivity index (χ1n) is 18.3. The van der Waals surface area contributed by atoms with E-state index >= 15 is 0 Å². The predicted molar refractivity (Wildman–Crippen MR) is 212 cm³/mol. The lowest BCUT2D eigenvalue weighted by atomic mass is 10.1. The summed E-state index contributed by atoms with van der Waals surface area (Å²) in [6.45, 7) is 5.86. The van der Waals surface area contributed by atoms with Gasteiger partial charge in [0.15, 0.2) is 0 Å². The number of hydrogen-bond acceptors (Lipinski definition) is 16. The maximum absolute atomic E-state index is 12.5. The van der Waals surface area contributed by atoms with Crippen molar-refractivity contribution < 1.29 is 45.0 Å². The number of nitrogens with zero attached hydrogens (tertiary/aromatic N) is 7. The third-order valence-corrected chi connectivity index (χ3v) is 8.56. The monoisotopic (exact) mass is 792 g/mol. The van der Waals surface area contributed by atoms with Crippen LogP contribution >= 0.6 is 0 Å². The van der Waals surface area contributed by atoms with Gasteiger partial charge in [-0.05, 0) is 26.8 Å². The van der Waals surface area contributed by atoms with Gasteiger partial charge < -0.3 is 46.6 Å². The van der Waals surface area contributed by atoms with E-state index < -0.39 is 0 Å². The minimum Gasteiger partial charge on any atom is -0.505 e. The summed E-state index contributed by atoms with van der Waals surface area (Å²) in [5.41, 5.74) is 3.28. The lowest BCUT2D eigenvalue weighted by molar-refractivity contribution is -0.121. The van der Waals surface area contributed by atoms with Crippen molar-refractivity contribution in [2.75, 3.05) is 58.9 Å². The average Bonchev–Trinajstić information content (AvgIpc) is 3.19. The number of nitrogens with one attached hydrogen (secondary N) is 3. The van der Waals surface area contributed by atoms with Crippen LogP contribution in [0.3, 0.4) is 0 Å². The predicted octanol–water partition coefficient (Wildman–Crippen LogP) is -0.522. The highest BCUT2D eigenvalue weighted by atomic mass is 16.3. The number of pyridine rings is 3. The normalized spacial score (nSPS) is 11.6. The number of aliphatic imine (C=N–C) groups is 3. The number of aliphatic hydroxyl groups excluding tert-OH is 3. The first-order chi connectivity index (χ1) is 27.4. The fraction of sp³-hybridized carbons (Fsp3) is 0.447. The van der Waals surface area contributed by atoms with Crippen LogP contribution in [0.25, 0.3) is 0 Å². The Hall–Kier alpha value is -5.89. The molecular weight excluding hydrogens is 740 g/mol. The summed E-state index contributed by atoms with van der Waals surface area (Å²) in [7, 11) is 0. The quantitative estimate of drug-likeness (QED) is 0.0547.